The molecule has 170 valence electrons. The van der Waals surface area contributed by atoms with E-state index in [4.69, 9.17) is 0 Å². The molecule has 4 N–H and O–H groups in total. The predicted octanol–water partition coefficient (Wildman–Crippen LogP) is 5.35. The van der Waals surface area contributed by atoms with Crippen LogP contribution in [-0.2, 0) is 0 Å². The van der Waals surface area contributed by atoms with E-state index in [1.807, 2.05) is 0 Å². The van der Waals surface area contributed by atoms with Crippen molar-refractivity contribution in [2.24, 2.45) is 0 Å². The SMILES string of the molecule is O=C(Nc1ccccc1-c1ccc(C(=O)O)s1)c1cccc(-c2cc(O)c(O)cc2[N+](=O)[O-])c1. The second-order valence-corrected chi connectivity index (χ2v) is 8.25. The number of carboxylic acid groups (broad SMARTS) is 1. The summed E-state index contributed by atoms with van der Waals surface area (Å²) in [7, 11) is 0. The highest BCUT2D eigenvalue weighted by Gasteiger charge is 2.20. The summed E-state index contributed by atoms with van der Waals surface area (Å²) >= 11 is 1.08. The monoisotopic (exact) mass is 476 g/mol. The molecule has 0 saturated carbocycles. The molecule has 1 aromatic heterocycles. The Hall–Kier alpha value is -4.70. The lowest BCUT2D eigenvalue weighted by atomic mass is 10.00. The molecule has 0 spiro atoms. The van der Waals surface area contributed by atoms with Gasteiger partial charge in [-0.15, -0.1) is 11.3 Å². The maximum absolute atomic E-state index is 13.0. The number of phenols is 2. The van der Waals surface area contributed by atoms with E-state index in [0.29, 0.717) is 21.7 Å². The molecule has 0 unspecified atom stereocenters. The van der Waals surface area contributed by atoms with Crippen LogP contribution in [0, 0.1) is 10.1 Å². The molecule has 1 amide bonds. The molecule has 4 aromatic rings. The van der Waals surface area contributed by atoms with Crippen molar-refractivity contribution in [1.82, 2.24) is 0 Å². The largest absolute Gasteiger partial charge is 0.504 e. The van der Waals surface area contributed by atoms with Crippen molar-refractivity contribution in [3.8, 4) is 33.1 Å². The normalized spacial score (nSPS) is 10.6. The van der Waals surface area contributed by atoms with Crippen LogP contribution in [0.3, 0.4) is 0 Å². The molecule has 1 heterocycles. The highest BCUT2D eigenvalue weighted by atomic mass is 32.1. The lowest BCUT2D eigenvalue weighted by Crippen LogP contribution is -2.12. The van der Waals surface area contributed by atoms with E-state index >= 15 is 0 Å². The number of phenolic OH excluding ortho intramolecular Hbond substituents is 2. The highest BCUT2D eigenvalue weighted by Crippen LogP contribution is 2.39. The first-order valence-electron chi connectivity index (χ1n) is 9.79. The number of aromatic carboxylic acids is 1. The van der Waals surface area contributed by atoms with Crippen molar-refractivity contribution in [2.45, 2.75) is 0 Å². The number of nitro groups is 1. The number of rotatable bonds is 6. The third-order valence-corrected chi connectivity index (χ3v) is 6.09. The first kappa shape index (κ1) is 22.5. The lowest BCUT2D eigenvalue weighted by Gasteiger charge is -2.11. The van der Waals surface area contributed by atoms with Gasteiger partial charge >= 0.3 is 5.97 Å². The van der Waals surface area contributed by atoms with Crippen molar-refractivity contribution in [3.05, 3.63) is 93.4 Å². The topological polar surface area (TPSA) is 150 Å². The number of thiophene rings is 1. The van der Waals surface area contributed by atoms with Crippen LogP contribution in [0.4, 0.5) is 11.4 Å². The van der Waals surface area contributed by atoms with Crippen molar-refractivity contribution < 1.29 is 29.8 Å². The summed E-state index contributed by atoms with van der Waals surface area (Å²) in [6.07, 6.45) is 0. The fourth-order valence-corrected chi connectivity index (χ4v) is 4.26. The van der Waals surface area contributed by atoms with Gasteiger partial charge in [0.25, 0.3) is 11.6 Å². The molecular formula is C24H16N2O7S. The van der Waals surface area contributed by atoms with E-state index in [2.05, 4.69) is 5.32 Å². The van der Waals surface area contributed by atoms with E-state index in [1.165, 1.54) is 18.2 Å². The molecule has 9 nitrogen and oxygen atoms in total. The fourth-order valence-electron chi connectivity index (χ4n) is 3.38. The molecule has 0 aliphatic rings. The van der Waals surface area contributed by atoms with Gasteiger partial charge in [0.15, 0.2) is 11.5 Å². The van der Waals surface area contributed by atoms with Crippen LogP contribution in [-0.4, -0.2) is 32.1 Å². The van der Waals surface area contributed by atoms with Crippen molar-refractivity contribution in [2.75, 3.05) is 5.32 Å². The molecular weight excluding hydrogens is 460 g/mol. The van der Waals surface area contributed by atoms with E-state index in [0.717, 1.165) is 23.5 Å². The molecule has 0 fully saturated rings. The van der Waals surface area contributed by atoms with Crippen LogP contribution in [0.1, 0.15) is 20.0 Å². The number of carboxylic acids is 1. The van der Waals surface area contributed by atoms with Gasteiger partial charge in [-0.2, -0.15) is 0 Å². The maximum Gasteiger partial charge on any atom is 0.345 e. The van der Waals surface area contributed by atoms with Gasteiger partial charge in [0.05, 0.1) is 16.6 Å². The number of hydrogen-bond acceptors (Lipinski definition) is 7. The summed E-state index contributed by atoms with van der Waals surface area (Å²) < 4.78 is 0. The van der Waals surface area contributed by atoms with Gasteiger partial charge in [-0.1, -0.05) is 30.3 Å². The van der Waals surface area contributed by atoms with Crippen molar-refractivity contribution >= 4 is 34.6 Å². The number of nitrogens with one attached hydrogen (secondary N) is 1. The lowest BCUT2D eigenvalue weighted by molar-refractivity contribution is -0.384. The minimum Gasteiger partial charge on any atom is -0.504 e. The van der Waals surface area contributed by atoms with Gasteiger partial charge < -0.3 is 20.6 Å². The Morgan fingerprint density at radius 3 is 2.32 bits per heavy atom. The van der Waals surface area contributed by atoms with Gasteiger partial charge in [-0.25, -0.2) is 4.79 Å². The first-order valence-corrected chi connectivity index (χ1v) is 10.6. The number of nitrogens with zero attached hydrogens (tertiary/aromatic N) is 1. The average molecular weight is 476 g/mol. The zero-order valence-electron chi connectivity index (χ0n) is 17.3. The summed E-state index contributed by atoms with van der Waals surface area (Å²) in [5.41, 5.74) is 1.22. The Balaban J connectivity index is 1.67. The van der Waals surface area contributed by atoms with Gasteiger partial charge in [-0.05, 0) is 42.0 Å². The van der Waals surface area contributed by atoms with E-state index < -0.39 is 34.0 Å². The Labute approximate surface area is 196 Å². The Morgan fingerprint density at radius 1 is 0.882 bits per heavy atom. The van der Waals surface area contributed by atoms with E-state index in [1.54, 1.807) is 42.5 Å². The minimum absolute atomic E-state index is 0.0372. The second-order valence-electron chi connectivity index (χ2n) is 7.16. The number of para-hydroxylation sites is 1. The molecule has 3 aromatic carbocycles. The van der Waals surface area contributed by atoms with Crippen LogP contribution in [0.15, 0.2) is 72.8 Å². The standard InChI is InChI=1S/C24H16N2O7S/c27-19-11-16(18(26(32)33)12-20(19)28)13-4-3-5-14(10-13)23(29)25-17-7-2-1-6-15(17)21-8-9-22(34-21)24(30)31/h1-12,27-28H,(H,25,29)(H,30,31). The second kappa shape index (κ2) is 9.04. The van der Waals surface area contributed by atoms with E-state index in [-0.39, 0.29) is 16.0 Å². The van der Waals surface area contributed by atoms with Crippen molar-refractivity contribution in [3.63, 3.8) is 0 Å². The Kier molecular flexibility index (Phi) is 5.98. The molecule has 10 heteroatoms. The van der Waals surface area contributed by atoms with Crippen LogP contribution < -0.4 is 5.32 Å². The number of carbonyl (C=O) groups excluding carboxylic acids is 1. The highest BCUT2D eigenvalue weighted by molar-refractivity contribution is 7.17. The van der Waals surface area contributed by atoms with Gasteiger partial charge in [0.2, 0.25) is 0 Å². The smallest absolute Gasteiger partial charge is 0.345 e. The number of aromatic hydroxyl groups is 2. The number of carbonyl (C=O) groups is 2. The molecule has 0 aliphatic heterocycles. The Bertz CT molecular complexity index is 1450. The number of anilines is 1. The third-order valence-electron chi connectivity index (χ3n) is 4.98. The van der Waals surface area contributed by atoms with Gasteiger partial charge in [-0.3, -0.25) is 14.9 Å². The zero-order chi connectivity index (χ0) is 24.4. The maximum atomic E-state index is 13.0. The van der Waals surface area contributed by atoms with Gasteiger partial charge in [0.1, 0.15) is 4.88 Å². The van der Waals surface area contributed by atoms with Gasteiger partial charge in [0, 0.05) is 21.7 Å². The molecule has 4 rings (SSSR count). The van der Waals surface area contributed by atoms with Crippen molar-refractivity contribution in [1.29, 1.82) is 0 Å². The zero-order valence-corrected chi connectivity index (χ0v) is 18.1. The third kappa shape index (κ3) is 4.43. The predicted molar refractivity (Wildman–Crippen MR) is 127 cm³/mol. The molecule has 0 bridgehead atoms. The summed E-state index contributed by atoms with van der Waals surface area (Å²) in [6.45, 7) is 0. The quantitative estimate of drug-likeness (QED) is 0.166. The van der Waals surface area contributed by atoms with Crippen LogP contribution in [0.2, 0.25) is 0 Å². The van der Waals surface area contributed by atoms with Crippen LogP contribution in [0.5, 0.6) is 11.5 Å². The number of amides is 1. The minimum atomic E-state index is -1.04. The summed E-state index contributed by atoms with van der Waals surface area (Å²) in [6, 6.07) is 18.0. The van der Waals surface area contributed by atoms with Crippen LogP contribution >= 0.6 is 11.3 Å². The number of hydrogen-bond donors (Lipinski definition) is 4. The molecule has 34 heavy (non-hydrogen) atoms. The summed E-state index contributed by atoms with van der Waals surface area (Å²) in [5, 5.41) is 42.9. The summed E-state index contributed by atoms with van der Waals surface area (Å²) in [5.74, 6) is -2.68. The van der Waals surface area contributed by atoms with E-state index in [9.17, 15) is 35.0 Å². The molecule has 0 saturated heterocycles. The Morgan fingerprint density at radius 2 is 1.62 bits per heavy atom. The number of benzene rings is 3. The fraction of sp³-hybridized carbons (Fsp3) is 0. The first-order chi connectivity index (χ1) is 16.2. The summed E-state index contributed by atoms with van der Waals surface area (Å²) in [4.78, 5) is 35.8. The molecule has 0 atom stereocenters. The molecule has 0 radical (unpaired) electrons. The average Bonchev–Trinajstić information content (AvgIpc) is 3.31. The molecule has 0 aliphatic carbocycles. The number of nitro benzene ring substituents is 1. The van der Waals surface area contributed by atoms with Crippen LogP contribution in [0.25, 0.3) is 21.6 Å².